The van der Waals surface area contributed by atoms with Crippen molar-refractivity contribution in [2.45, 2.75) is 72.5 Å². The molecule has 2 amide bonds. The highest BCUT2D eigenvalue weighted by Gasteiger charge is 2.26. The normalized spacial score (nSPS) is 12.1. The first-order valence-corrected chi connectivity index (χ1v) is 9.38. The van der Waals surface area contributed by atoms with Gasteiger partial charge in [-0.15, -0.1) is 11.8 Å². The van der Waals surface area contributed by atoms with E-state index in [9.17, 15) is 9.59 Å². The summed E-state index contributed by atoms with van der Waals surface area (Å²) < 4.78 is 10.6. The van der Waals surface area contributed by atoms with Crippen LogP contribution in [0.4, 0.5) is 9.59 Å². The molecule has 0 N–H and O–H groups in total. The van der Waals surface area contributed by atoms with Crippen LogP contribution in [0, 0.1) is 11.8 Å². The Bertz CT molecular complexity index is 548. The second kappa shape index (κ2) is 10.3. The monoisotopic (exact) mass is 370 g/mol. The Balaban J connectivity index is 5.37. The first-order chi connectivity index (χ1) is 11.4. The predicted molar refractivity (Wildman–Crippen MR) is 103 cm³/mol. The zero-order valence-electron chi connectivity index (χ0n) is 16.6. The van der Waals surface area contributed by atoms with Crippen molar-refractivity contribution < 1.29 is 19.1 Å². The fraction of sp³-hybridized carbons (Fsp3) is 0.722. The maximum Gasteiger partial charge on any atom is 0.436 e. The fourth-order valence-corrected chi connectivity index (χ4v) is 2.16. The van der Waals surface area contributed by atoms with E-state index >= 15 is 0 Å². The van der Waals surface area contributed by atoms with Gasteiger partial charge in [-0.2, -0.15) is 4.99 Å². The number of amides is 2. The van der Waals surface area contributed by atoms with Crippen molar-refractivity contribution in [3.63, 3.8) is 0 Å². The van der Waals surface area contributed by atoms with E-state index in [1.807, 2.05) is 0 Å². The van der Waals surface area contributed by atoms with E-state index in [-0.39, 0.29) is 5.17 Å². The molecule has 0 aliphatic rings. The molecule has 7 heteroatoms. The molecule has 0 aromatic carbocycles. The van der Waals surface area contributed by atoms with Crippen molar-refractivity contribution in [1.29, 1.82) is 0 Å². The Kier molecular flexibility index (Phi) is 9.65. The number of hydrogen-bond donors (Lipinski definition) is 0. The van der Waals surface area contributed by atoms with Crippen LogP contribution in [-0.4, -0.2) is 46.3 Å². The highest BCUT2D eigenvalue weighted by Crippen LogP contribution is 2.16. The van der Waals surface area contributed by atoms with Crippen LogP contribution in [0.25, 0.3) is 0 Å². The van der Waals surface area contributed by atoms with Gasteiger partial charge in [0.2, 0.25) is 0 Å². The molecule has 0 aromatic heterocycles. The van der Waals surface area contributed by atoms with Gasteiger partial charge in [0.1, 0.15) is 11.2 Å². The van der Waals surface area contributed by atoms with Gasteiger partial charge in [-0.3, -0.25) is 4.90 Å². The van der Waals surface area contributed by atoms with Gasteiger partial charge in [0.05, 0.1) is 0 Å². The predicted octanol–water partition coefficient (Wildman–Crippen LogP) is 4.68. The zero-order valence-corrected chi connectivity index (χ0v) is 17.4. The number of thioether (sulfide) groups is 1. The number of hydrogen-bond acceptors (Lipinski definition) is 5. The molecule has 0 saturated carbocycles. The molecule has 0 radical (unpaired) electrons. The van der Waals surface area contributed by atoms with E-state index < -0.39 is 23.4 Å². The summed E-state index contributed by atoms with van der Waals surface area (Å²) in [5.74, 6) is 5.77. The summed E-state index contributed by atoms with van der Waals surface area (Å²) in [6, 6.07) is 0. The standard InChI is InChI=1S/C18H30N2O4S/c1-9-10-11-12-13-20(16(22)24-18(5,6)7)14(25-8)19-15(21)23-17(2,3)4/h11-13H2,1-8H3/b19-14-. The molecule has 142 valence electrons. The highest BCUT2D eigenvalue weighted by atomic mass is 32.2. The molecule has 0 aliphatic carbocycles. The average Bonchev–Trinajstić information content (AvgIpc) is 2.41. The third-order valence-corrected chi connectivity index (χ3v) is 3.14. The van der Waals surface area contributed by atoms with Crippen molar-refractivity contribution in [3.05, 3.63) is 0 Å². The number of carbonyl (C=O) groups excluding carboxylic acids is 2. The number of carbonyl (C=O) groups is 2. The molecule has 0 bridgehead atoms. The summed E-state index contributed by atoms with van der Waals surface area (Å²) in [6.07, 6.45) is 1.75. The lowest BCUT2D eigenvalue weighted by molar-refractivity contribution is 0.0372. The average molecular weight is 371 g/mol. The van der Waals surface area contributed by atoms with Gasteiger partial charge in [-0.25, -0.2) is 9.59 Å². The molecule has 6 nitrogen and oxygen atoms in total. The maximum atomic E-state index is 12.5. The molecule has 0 saturated heterocycles. The molecule has 0 aliphatic heterocycles. The summed E-state index contributed by atoms with van der Waals surface area (Å²) in [5.41, 5.74) is -1.30. The lowest BCUT2D eigenvalue weighted by Gasteiger charge is -2.27. The number of unbranched alkanes of at least 4 members (excludes halogenated alkanes) is 1. The third kappa shape index (κ3) is 11.5. The molecule has 0 spiro atoms. The topological polar surface area (TPSA) is 68.2 Å². The van der Waals surface area contributed by atoms with Gasteiger partial charge in [-0.05, 0) is 61.1 Å². The van der Waals surface area contributed by atoms with Gasteiger partial charge in [0.15, 0.2) is 5.17 Å². The lowest BCUT2D eigenvalue weighted by atomic mass is 10.2. The van der Waals surface area contributed by atoms with E-state index in [1.54, 1.807) is 54.7 Å². The van der Waals surface area contributed by atoms with Crippen LogP contribution in [0.3, 0.4) is 0 Å². The largest absolute Gasteiger partial charge is 0.443 e. The molecular weight excluding hydrogens is 340 g/mol. The third-order valence-electron chi connectivity index (χ3n) is 2.47. The van der Waals surface area contributed by atoms with Crippen LogP contribution in [-0.2, 0) is 9.47 Å². The van der Waals surface area contributed by atoms with Crippen LogP contribution in [0.15, 0.2) is 4.99 Å². The summed E-state index contributed by atoms with van der Waals surface area (Å²) in [5, 5.41) is 0.243. The van der Waals surface area contributed by atoms with E-state index in [1.165, 1.54) is 16.7 Å². The number of ether oxygens (including phenoxy) is 2. The second-order valence-electron chi connectivity index (χ2n) is 7.24. The quantitative estimate of drug-likeness (QED) is 0.312. The van der Waals surface area contributed by atoms with Crippen LogP contribution in [0.5, 0.6) is 0 Å². The molecule has 25 heavy (non-hydrogen) atoms. The van der Waals surface area contributed by atoms with Crippen molar-refractivity contribution in [2.24, 2.45) is 4.99 Å². The Hall–Kier alpha value is -1.68. The van der Waals surface area contributed by atoms with E-state index in [2.05, 4.69) is 16.8 Å². The molecule has 0 rings (SSSR count). The molecule has 0 fully saturated rings. The molecule has 0 unspecified atom stereocenters. The maximum absolute atomic E-state index is 12.5. The number of rotatable bonds is 3. The Morgan fingerprint density at radius 2 is 1.64 bits per heavy atom. The summed E-state index contributed by atoms with van der Waals surface area (Å²) in [6.45, 7) is 12.8. The summed E-state index contributed by atoms with van der Waals surface area (Å²) in [4.78, 5) is 29.8. The van der Waals surface area contributed by atoms with Crippen LogP contribution in [0.1, 0.15) is 61.3 Å². The van der Waals surface area contributed by atoms with Gasteiger partial charge < -0.3 is 9.47 Å². The van der Waals surface area contributed by atoms with Gasteiger partial charge in [0, 0.05) is 13.0 Å². The SMILES string of the molecule is CC#CCCCN(C(=O)OC(C)(C)C)/C(=N/C(=O)OC(C)(C)C)SC. The molecule has 0 aromatic rings. The first kappa shape index (κ1) is 23.3. The van der Waals surface area contributed by atoms with Crippen LogP contribution < -0.4 is 0 Å². The van der Waals surface area contributed by atoms with Gasteiger partial charge >= 0.3 is 12.2 Å². The van der Waals surface area contributed by atoms with Crippen molar-refractivity contribution in [2.75, 3.05) is 12.8 Å². The van der Waals surface area contributed by atoms with E-state index in [0.29, 0.717) is 19.4 Å². The molecule has 0 atom stereocenters. The smallest absolute Gasteiger partial charge is 0.436 e. The van der Waals surface area contributed by atoms with Gasteiger partial charge in [0.25, 0.3) is 0 Å². The number of nitrogens with zero attached hydrogens (tertiary/aromatic N) is 2. The minimum atomic E-state index is -0.737. The zero-order chi connectivity index (χ0) is 19.7. The first-order valence-electron chi connectivity index (χ1n) is 8.15. The van der Waals surface area contributed by atoms with E-state index in [4.69, 9.17) is 9.47 Å². The Morgan fingerprint density at radius 1 is 1.08 bits per heavy atom. The minimum absolute atomic E-state index is 0.243. The fourth-order valence-electron chi connectivity index (χ4n) is 1.61. The van der Waals surface area contributed by atoms with Crippen molar-refractivity contribution in [3.8, 4) is 11.8 Å². The van der Waals surface area contributed by atoms with Crippen molar-refractivity contribution in [1.82, 2.24) is 4.90 Å². The number of aliphatic imine (C=N–C) groups is 1. The Morgan fingerprint density at radius 3 is 2.08 bits per heavy atom. The van der Waals surface area contributed by atoms with Crippen LogP contribution >= 0.6 is 11.8 Å². The summed E-state index contributed by atoms with van der Waals surface area (Å²) in [7, 11) is 0. The Labute approximate surface area is 155 Å². The van der Waals surface area contributed by atoms with E-state index in [0.717, 1.165) is 0 Å². The molecular formula is C18H30N2O4S. The highest BCUT2D eigenvalue weighted by molar-refractivity contribution is 8.13. The number of amidine groups is 1. The second-order valence-corrected chi connectivity index (χ2v) is 8.01. The van der Waals surface area contributed by atoms with Gasteiger partial charge in [-0.1, -0.05) is 11.8 Å². The minimum Gasteiger partial charge on any atom is -0.443 e. The van der Waals surface area contributed by atoms with Crippen LogP contribution in [0.2, 0.25) is 0 Å². The van der Waals surface area contributed by atoms with Crippen molar-refractivity contribution >= 4 is 29.1 Å². The lowest BCUT2D eigenvalue weighted by Crippen LogP contribution is -2.40. The summed E-state index contributed by atoms with van der Waals surface area (Å²) >= 11 is 1.19. The molecule has 0 heterocycles.